The Kier molecular flexibility index (Phi) is 4.54. The fourth-order valence-electron chi connectivity index (χ4n) is 1.21. The SMILES string of the molecule is CC(C)C(C)CNS(=O)(=O)c1ccc(N)cc1. The fourth-order valence-corrected chi connectivity index (χ4v) is 2.35. The second-order valence-electron chi connectivity index (χ2n) is 4.64. The van der Waals surface area contributed by atoms with E-state index >= 15 is 0 Å². The summed E-state index contributed by atoms with van der Waals surface area (Å²) < 4.78 is 26.4. The summed E-state index contributed by atoms with van der Waals surface area (Å²) >= 11 is 0. The van der Waals surface area contributed by atoms with E-state index in [0.717, 1.165) is 0 Å². The van der Waals surface area contributed by atoms with Crippen LogP contribution in [-0.4, -0.2) is 15.0 Å². The molecule has 0 bridgehead atoms. The molecule has 0 heterocycles. The molecular formula is C12H20N2O2S. The minimum absolute atomic E-state index is 0.252. The molecule has 0 aliphatic carbocycles. The molecule has 0 aromatic heterocycles. The molecular weight excluding hydrogens is 236 g/mol. The zero-order valence-electron chi connectivity index (χ0n) is 10.5. The van der Waals surface area contributed by atoms with Crippen LogP contribution in [-0.2, 0) is 10.0 Å². The van der Waals surface area contributed by atoms with Crippen LogP contribution in [0.25, 0.3) is 0 Å². The number of hydrogen-bond acceptors (Lipinski definition) is 3. The van der Waals surface area contributed by atoms with Gasteiger partial charge in [0.25, 0.3) is 0 Å². The normalized spacial score (nSPS) is 13.9. The van der Waals surface area contributed by atoms with Crippen molar-refractivity contribution >= 4 is 15.7 Å². The molecule has 17 heavy (non-hydrogen) atoms. The Bertz CT molecular complexity index is 452. The van der Waals surface area contributed by atoms with Crippen LogP contribution in [0.15, 0.2) is 29.2 Å². The molecule has 1 atom stereocenters. The van der Waals surface area contributed by atoms with Gasteiger partial charge in [0.05, 0.1) is 4.90 Å². The molecule has 0 saturated carbocycles. The maximum atomic E-state index is 11.9. The number of anilines is 1. The van der Waals surface area contributed by atoms with E-state index in [9.17, 15) is 8.42 Å². The summed E-state index contributed by atoms with van der Waals surface area (Å²) in [6.07, 6.45) is 0. The third-order valence-electron chi connectivity index (χ3n) is 2.92. The van der Waals surface area contributed by atoms with Crippen LogP contribution in [0.4, 0.5) is 5.69 Å². The molecule has 4 nitrogen and oxygen atoms in total. The molecule has 0 spiro atoms. The maximum Gasteiger partial charge on any atom is 0.240 e. The highest BCUT2D eigenvalue weighted by Gasteiger charge is 2.16. The minimum Gasteiger partial charge on any atom is -0.399 e. The zero-order chi connectivity index (χ0) is 13.1. The standard InChI is InChI=1S/C12H20N2O2S/c1-9(2)10(3)8-14-17(15,16)12-6-4-11(13)5-7-12/h4-7,9-10,14H,8,13H2,1-3H3. The second-order valence-corrected chi connectivity index (χ2v) is 6.41. The second kappa shape index (κ2) is 5.51. The van der Waals surface area contributed by atoms with Crippen molar-refractivity contribution < 1.29 is 8.42 Å². The molecule has 1 aromatic rings. The first-order valence-corrected chi connectivity index (χ1v) is 7.16. The van der Waals surface area contributed by atoms with Gasteiger partial charge in [0.2, 0.25) is 10.0 Å². The zero-order valence-corrected chi connectivity index (χ0v) is 11.3. The lowest BCUT2D eigenvalue weighted by molar-refractivity contribution is 0.414. The molecule has 1 aromatic carbocycles. The van der Waals surface area contributed by atoms with Crippen LogP contribution in [0.2, 0.25) is 0 Å². The summed E-state index contributed by atoms with van der Waals surface area (Å²) in [6.45, 7) is 6.62. The van der Waals surface area contributed by atoms with Gasteiger partial charge in [-0.15, -0.1) is 0 Å². The lowest BCUT2D eigenvalue weighted by Crippen LogP contribution is -2.30. The van der Waals surface area contributed by atoms with Crippen molar-refractivity contribution in [3.63, 3.8) is 0 Å². The van der Waals surface area contributed by atoms with E-state index in [1.54, 1.807) is 12.1 Å². The smallest absolute Gasteiger partial charge is 0.240 e. The van der Waals surface area contributed by atoms with E-state index in [2.05, 4.69) is 18.6 Å². The lowest BCUT2D eigenvalue weighted by atomic mass is 9.99. The highest BCUT2D eigenvalue weighted by Crippen LogP contribution is 2.13. The predicted molar refractivity (Wildman–Crippen MR) is 70.0 cm³/mol. The van der Waals surface area contributed by atoms with E-state index < -0.39 is 10.0 Å². The first kappa shape index (κ1) is 14.0. The molecule has 96 valence electrons. The van der Waals surface area contributed by atoms with Crippen LogP contribution in [0.5, 0.6) is 0 Å². The van der Waals surface area contributed by atoms with Crippen molar-refractivity contribution in [2.45, 2.75) is 25.7 Å². The monoisotopic (exact) mass is 256 g/mol. The van der Waals surface area contributed by atoms with Crippen LogP contribution in [0.3, 0.4) is 0 Å². The first-order chi connectivity index (χ1) is 7.83. The quantitative estimate of drug-likeness (QED) is 0.790. The number of sulfonamides is 1. The van der Waals surface area contributed by atoms with Gasteiger partial charge in [0.15, 0.2) is 0 Å². The van der Waals surface area contributed by atoms with Gasteiger partial charge in [-0.3, -0.25) is 0 Å². The lowest BCUT2D eigenvalue weighted by Gasteiger charge is -2.16. The van der Waals surface area contributed by atoms with Crippen LogP contribution in [0, 0.1) is 11.8 Å². The number of nitrogens with one attached hydrogen (secondary N) is 1. The van der Waals surface area contributed by atoms with E-state index in [-0.39, 0.29) is 4.90 Å². The predicted octanol–water partition coefficient (Wildman–Crippen LogP) is 1.84. The molecule has 3 N–H and O–H groups in total. The molecule has 0 fully saturated rings. The Morgan fingerprint density at radius 3 is 2.18 bits per heavy atom. The summed E-state index contributed by atoms with van der Waals surface area (Å²) in [5.74, 6) is 0.752. The first-order valence-electron chi connectivity index (χ1n) is 5.68. The summed E-state index contributed by atoms with van der Waals surface area (Å²) in [4.78, 5) is 0.252. The fraction of sp³-hybridized carbons (Fsp3) is 0.500. The van der Waals surface area contributed by atoms with Gasteiger partial charge in [-0.1, -0.05) is 20.8 Å². The number of nitrogen functional groups attached to an aromatic ring is 1. The highest BCUT2D eigenvalue weighted by molar-refractivity contribution is 7.89. The summed E-state index contributed by atoms with van der Waals surface area (Å²) in [7, 11) is -3.41. The summed E-state index contributed by atoms with van der Waals surface area (Å²) in [5, 5.41) is 0. The van der Waals surface area contributed by atoms with Gasteiger partial charge >= 0.3 is 0 Å². The van der Waals surface area contributed by atoms with E-state index in [4.69, 9.17) is 5.73 Å². The van der Waals surface area contributed by atoms with Gasteiger partial charge < -0.3 is 5.73 Å². The Balaban J connectivity index is 2.72. The van der Waals surface area contributed by atoms with Crippen LogP contribution < -0.4 is 10.5 Å². The molecule has 0 aliphatic rings. The molecule has 5 heteroatoms. The maximum absolute atomic E-state index is 11.9. The average molecular weight is 256 g/mol. The average Bonchev–Trinajstić information content (AvgIpc) is 2.26. The molecule has 1 rings (SSSR count). The van der Waals surface area contributed by atoms with Crippen molar-refractivity contribution in [3.05, 3.63) is 24.3 Å². The number of rotatable bonds is 5. The minimum atomic E-state index is -3.41. The Morgan fingerprint density at radius 2 is 1.71 bits per heavy atom. The van der Waals surface area contributed by atoms with Crippen molar-refractivity contribution in [3.8, 4) is 0 Å². The van der Waals surface area contributed by atoms with Crippen molar-refractivity contribution in [2.24, 2.45) is 11.8 Å². The third-order valence-corrected chi connectivity index (χ3v) is 4.36. The van der Waals surface area contributed by atoms with Crippen LogP contribution >= 0.6 is 0 Å². The summed E-state index contributed by atoms with van der Waals surface area (Å²) in [6, 6.07) is 6.19. The molecule has 0 aliphatic heterocycles. The van der Waals surface area contributed by atoms with E-state index in [1.165, 1.54) is 12.1 Å². The molecule has 0 radical (unpaired) electrons. The Labute approximate surface area is 103 Å². The molecule has 0 saturated heterocycles. The van der Waals surface area contributed by atoms with Crippen molar-refractivity contribution in [1.29, 1.82) is 0 Å². The van der Waals surface area contributed by atoms with Crippen molar-refractivity contribution in [2.75, 3.05) is 12.3 Å². The van der Waals surface area contributed by atoms with Gasteiger partial charge in [-0.05, 0) is 36.1 Å². The van der Waals surface area contributed by atoms with Gasteiger partial charge in [-0.2, -0.15) is 0 Å². The largest absolute Gasteiger partial charge is 0.399 e. The van der Waals surface area contributed by atoms with Gasteiger partial charge in [0.1, 0.15) is 0 Å². The van der Waals surface area contributed by atoms with Gasteiger partial charge in [-0.25, -0.2) is 13.1 Å². The molecule has 0 amide bonds. The third kappa shape index (κ3) is 4.02. The Hall–Kier alpha value is -1.07. The number of nitrogens with two attached hydrogens (primary N) is 1. The Morgan fingerprint density at radius 1 is 1.18 bits per heavy atom. The van der Waals surface area contributed by atoms with Crippen LogP contribution in [0.1, 0.15) is 20.8 Å². The van der Waals surface area contributed by atoms with E-state index in [0.29, 0.717) is 24.1 Å². The number of benzene rings is 1. The van der Waals surface area contributed by atoms with Crippen molar-refractivity contribution in [1.82, 2.24) is 4.72 Å². The topological polar surface area (TPSA) is 72.2 Å². The van der Waals surface area contributed by atoms with E-state index in [1.807, 2.05) is 6.92 Å². The molecule has 1 unspecified atom stereocenters. The highest BCUT2D eigenvalue weighted by atomic mass is 32.2. The van der Waals surface area contributed by atoms with Gasteiger partial charge in [0, 0.05) is 12.2 Å². The number of hydrogen-bond donors (Lipinski definition) is 2. The summed E-state index contributed by atoms with van der Waals surface area (Å²) in [5.41, 5.74) is 6.07.